The van der Waals surface area contributed by atoms with Gasteiger partial charge in [0.2, 0.25) is 0 Å². The highest BCUT2D eigenvalue weighted by Crippen LogP contribution is 2.19. The topological polar surface area (TPSA) is 37.8 Å². The van der Waals surface area contributed by atoms with Crippen LogP contribution < -0.4 is 5.32 Å². The molecule has 0 amide bonds. The second-order valence-electron chi connectivity index (χ2n) is 3.87. The Morgan fingerprint density at radius 3 is 2.83 bits per heavy atom. The molecule has 0 fully saturated rings. The van der Waals surface area contributed by atoms with E-state index in [2.05, 4.69) is 53.2 Å². The van der Waals surface area contributed by atoms with Crippen LogP contribution in [0.1, 0.15) is 11.3 Å². The summed E-state index contributed by atoms with van der Waals surface area (Å²) in [4.78, 5) is 8.45. The van der Waals surface area contributed by atoms with Crippen LogP contribution in [0.3, 0.4) is 0 Å². The smallest absolute Gasteiger partial charge is 0.0684 e. The average molecular weight is 371 g/mol. The summed E-state index contributed by atoms with van der Waals surface area (Å²) in [5, 5.41) is 3.37. The maximum Gasteiger partial charge on any atom is 0.0684 e. The molecule has 0 aliphatic rings. The van der Waals surface area contributed by atoms with Crippen molar-refractivity contribution in [2.24, 2.45) is 0 Å². The van der Waals surface area contributed by atoms with Crippen LogP contribution in [0.25, 0.3) is 0 Å². The van der Waals surface area contributed by atoms with Gasteiger partial charge in [-0.25, -0.2) is 0 Å². The van der Waals surface area contributed by atoms with Crippen LogP contribution in [0, 0.1) is 0 Å². The van der Waals surface area contributed by atoms with Crippen LogP contribution in [0.2, 0.25) is 0 Å². The van der Waals surface area contributed by atoms with Crippen molar-refractivity contribution < 1.29 is 0 Å². The van der Waals surface area contributed by atoms with E-state index in [4.69, 9.17) is 0 Å². The second kappa shape index (κ2) is 6.97. The summed E-state index contributed by atoms with van der Waals surface area (Å²) < 4.78 is 2.00. The first-order chi connectivity index (χ1) is 8.75. The molecule has 0 spiro atoms. The predicted molar refractivity (Wildman–Crippen MR) is 79.3 cm³/mol. The van der Waals surface area contributed by atoms with Crippen molar-refractivity contribution in [2.75, 3.05) is 6.54 Å². The summed E-state index contributed by atoms with van der Waals surface area (Å²) in [5.41, 5.74) is 2.26. The monoisotopic (exact) mass is 369 g/mol. The summed E-state index contributed by atoms with van der Waals surface area (Å²) in [6, 6.07) is 6.05. The molecule has 0 unspecified atom stereocenters. The number of rotatable bonds is 5. The molecular weight excluding hydrogens is 358 g/mol. The lowest BCUT2D eigenvalue weighted by molar-refractivity contribution is 0.671. The third-order valence-corrected chi connectivity index (χ3v) is 3.61. The fraction of sp³-hybridized carbons (Fsp3) is 0.231. The molecule has 0 aromatic carbocycles. The van der Waals surface area contributed by atoms with Gasteiger partial charge in [0, 0.05) is 34.1 Å². The molecule has 3 nitrogen and oxygen atoms in total. The van der Waals surface area contributed by atoms with Crippen molar-refractivity contribution in [3.8, 4) is 0 Å². The van der Waals surface area contributed by atoms with Gasteiger partial charge in [0.1, 0.15) is 0 Å². The van der Waals surface area contributed by atoms with Gasteiger partial charge in [-0.1, -0.05) is 6.07 Å². The highest BCUT2D eigenvalue weighted by Gasteiger charge is 2.01. The first-order valence-corrected chi connectivity index (χ1v) is 7.24. The Bertz CT molecular complexity index is 503. The van der Waals surface area contributed by atoms with E-state index in [0.29, 0.717) is 0 Å². The molecule has 1 N–H and O–H groups in total. The zero-order chi connectivity index (χ0) is 12.8. The van der Waals surface area contributed by atoms with Crippen molar-refractivity contribution in [2.45, 2.75) is 13.0 Å². The van der Waals surface area contributed by atoms with Gasteiger partial charge < -0.3 is 5.32 Å². The standard InChI is InChI=1S/C13H13Br2N3/c14-11-6-12(15)13(18-8-11)9-17-5-3-10-2-1-4-16-7-10/h1-2,4,6-8,17H,3,5,9H2. The molecule has 94 valence electrons. The van der Waals surface area contributed by atoms with E-state index in [1.807, 2.05) is 24.5 Å². The number of halogens is 2. The third-order valence-electron chi connectivity index (χ3n) is 2.49. The van der Waals surface area contributed by atoms with Crippen LogP contribution in [0.4, 0.5) is 0 Å². The van der Waals surface area contributed by atoms with Gasteiger partial charge >= 0.3 is 0 Å². The lowest BCUT2D eigenvalue weighted by atomic mass is 10.2. The highest BCUT2D eigenvalue weighted by atomic mass is 79.9. The zero-order valence-electron chi connectivity index (χ0n) is 9.74. The lowest BCUT2D eigenvalue weighted by Gasteiger charge is -2.06. The molecule has 0 radical (unpaired) electrons. The van der Waals surface area contributed by atoms with E-state index in [0.717, 1.165) is 34.1 Å². The van der Waals surface area contributed by atoms with Gasteiger partial charge in [-0.15, -0.1) is 0 Å². The van der Waals surface area contributed by atoms with Crippen molar-refractivity contribution in [1.29, 1.82) is 0 Å². The summed E-state index contributed by atoms with van der Waals surface area (Å²) in [6.45, 7) is 1.67. The maximum atomic E-state index is 4.35. The van der Waals surface area contributed by atoms with Crippen molar-refractivity contribution >= 4 is 31.9 Å². The highest BCUT2D eigenvalue weighted by molar-refractivity contribution is 9.11. The molecule has 2 aromatic rings. The van der Waals surface area contributed by atoms with Gasteiger partial charge in [0.05, 0.1) is 5.69 Å². The Kier molecular flexibility index (Phi) is 5.28. The Labute approximate surface area is 123 Å². The van der Waals surface area contributed by atoms with Crippen LogP contribution in [0.15, 0.2) is 45.7 Å². The fourth-order valence-corrected chi connectivity index (χ4v) is 2.69. The maximum absolute atomic E-state index is 4.35. The molecule has 2 heterocycles. The van der Waals surface area contributed by atoms with E-state index in [-0.39, 0.29) is 0 Å². The summed E-state index contributed by atoms with van der Waals surface area (Å²) in [5.74, 6) is 0. The minimum Gasteiger partial charge on any atom is -0.311 e. The van der Waals surface area contributed by atoms with Gasteiger partial charge in [-0.2, -0.15) is 0 Å². The molecule has 5 heteroatoms. The van der Waals surface area contributed by atoms with E-state index in [1.54, 1.807) is 6.20 Å². The molecule has 2 aromatic heterocycles. The second-order valence-corrected chi connectivity index (χ2v) is 5.64. The Morgan fingerprint density at radius 2 is 2.11 bits per heavy atom. The Morgan fingerprint density at radius 1 is 1.22 bits per heavy atom. The molecule has 0 aliphatic carbocycles. The molecule has 0 atom stereocenters. The minimum atomic E-state index is 0.758. The number of nitrogens with zero attached hydrogens (tertiary/aromatic N) is 2. The quantitative estimate of drug-likeness (QED) is 0.820. The summed E-state index contributed by atoms with van der Waals surface area (Å²) in [6.07, 6.45) is 6.47. The van der Waals surface area contributed by atoms with Gasteiger partial charge in [0.25, 0.3) is 0 Å². The van der Waals surface area contributed by atoms with E-state index >= 15 is 0 Å². The largest absolute Gasteiger partial charge is 0.311 e. The Hall–Kier alpha value is -0.780. The van der Waals surface area contributed by atoms with Crippen molar-refractivity contribution in [1.82, 2.24) is 15.3 Å². The van der Waals surface area contributed by atoms with E-state index < -0.39 is 0 Å². The zero-order valence-corrected chi connectivity index (χ0v) is 12.9. The number of pyridine rings is 2. The predicted octanol–water partition coefficient (Wildman–Crippen LogP) is 3.33. The third kappa shape index (κ3) is 4.15. The van der Waals surface area contributed by atoms with Gasteiger partial charge in [-0.3, -0.25) is 9.97 Å². The molecule has 0 saturated carbocycles. The van der Waals surface area contributed by atoms with Gasteiger partial charge in [0.15, 0.2) is 0 Å². The number of hydrogen-bond donors (Lipinski definition) is 1. The minimum absolute atomic E-state index is 0.758. The van der Waals surface area contributed by atoms with E-state index in [9.17, 15) is 0 Å². The van der Waals surface area contributed by atoms with Gasteiger partial charge in [-0.05, 0) is 62.5 Å². The van der Waals surface area contributed by atoms with Crippen LogP contribution in [0.5, 0.6) is 0 Å². The first-order valence-electron chi connectivity index (χ1n) is 5.65. The first kappa shape index (κ1) is 13.6. The normalized spacial score (nSPS) is 10.6. The van der Waals surface area contributed by atoms with Crippen molar-refractivity contribution in [3.63, 3.8) is 0 Å². The molecule has 2 rings (SSSR count). The van der Waals surface area contributed by atoms with Crippen LogP contribution in [-0.2, 0) is 13.0 Å². The summed E-state index contributed by atoms with van der Waals surface area (Å²) >= 11 is 6.89. The molecule has 0 saturated heterocycles. The fourth-order valence-electron chi connectivity index (χ4n) is 1.56. The molecule has 0 bridgehead atoms. The lowest BCUT2D eigenvalue weighted by Crippen LogP contribution is -2.17. The van der Waals surface area contributed by atoms with Crippen LogP contribution >= 0.6 is 31.9 Å². The molecular formula is C13H13Br2N3. The Balaban J connectivity index is 1.79. The number of nitrogens with one attached hydrogen (secondary N) is 1. The number of hydrogen-bond acceptors (Lipinski definition) is 3. The average Bonchev–Trinajstić information content (AvgIpc) is 2.38. The summed E-state index contributed by atoms with van der Waals surface area (Å²) in [7, 11) is 0. The number of aromatic nitrogens is 2. The van der Waals surface area contributed by atoms with E-state index in [1.165, 1.54) is 5.56 Å². The SMILES string of the molecule is Brc1cnc(CNCCc2cccnc2)c(Br)c1. The molecule has 0 aliphatic heterocycles. The van der Waals surface area contributed by atoms with Crippen molar-refractivity contribution in [3.05, 3.63) is 57.0 Å². The molecule has 18 heavy (non-hydrogen) atoms. The van der Waals surface area contributed by atoms with Crippen LogP contribution in [-0.4, -0.2) is 16.5 Å².